The number of aromatic nitrogens is 3. The molecule has 0 aliphatic heterocycles. The third kappa shape index (κ3) is 5.20. The summed E-state index contributed by atoms with van der Waals surface area (Å²) in [5, 5.41) is 11.2. The van der Waals surface area contributed by atoms with E-state index in [0.29, 0.717) is 46.0 Å². The molecule has 0 fully saturated rings. The van der Waals surface area contributed by atoms with Gasteiger partial charge in [-0.1, -0.05) is 30.6 Å². The fourth-order valence-corrected chi connectivity index (χ4v) is 3.44. The number of hydrogen-bond acceptors (Lipinski definition) is 6. The highest BCUT2D eigenvalue weighted by atomic mass is 35.5. The molecule has 1 aromatic carbocycles. The summed E-state index contributed by atoms with van der Waals surface area (Å²) in [4.78, 5) is 12.4. The summed E-state index contributed by atoms with van der Waals surface area (Å²) in [7, 11) is 1.79. The summed E-state index contributed by atoms with van der Waals surface area (Å²) in [6.45, 7) is 6.33. The van der Waals surface area contributed by atoms with Crippen LogP contribution in [0.3, 0.4) is 0 Å². The van der Waals surface area contributed by atoms with Crippen LogP contribution in [0.2, 0.25) is 5.02 Å². The zero-order valence-corrected chi connectivity index (χ0v) is 18.2. The third-order valence-corrected chi connectivity index (χ3v) is 4.75. The van der Waals surface area contributed by atoms with E-state index < -0.39 is 0 Å². The highest BCUT2D eigenvalue weighted by molar-refractivity contribution is 6.33. The maximum Gasteiger partial charge on any atom is 0.277 e. The Hall–Kier alpha value is -2.84. The quantitative estimate of drug-likeness (QED) is 0.557. The zero-order valence-electron chi connectivity index (χ0n) is 17.5. The van der Waals surface area contributed by atoms with Gasteiger partial charge in [-0.2, -0.15) is 5.10 Å². The molecule has 2 aromatic heterocycles. The van der Waals surface area contributed by atoms with Gasteiger partial charge in [-0.05, 0) is 37.5 Å². The zero-order chi connectivity index (χ0) is 21.8. The van der Waals surface area contributed by atoms with Gasteiger partial charge < -0.3 is 20.3 Å². The molecule has 0 radical (unpaired) electrons. The monoisotopic (exact) mass is 431 g/mol. The van der Waals surface area contributed by atoms with Crippen molar-refractivity contribution in [2.75, 3.05) is 11.9 Å². The largest absolute Gasteiger partial charge is 0.491 e. The highest BCUT2D eigenvalue weighted by Gasteiger charge is 2.18. The summed E-state index contributed by atoms with van der Waals surface area (Å²) >= 11 is 6.37. The minimum absolute atomic E-state index is 0.0883. The topological polar surface area (TPSA) is 108 Å². The van der Waals surface area contributed by atoms with Crippen molar-refractivity contribution in [3.63, 3.8) is 0 Å². The normalized spacial score (nSPS) is 12.2. The van der Waals surface area contributed by atoms with Gasteiger partial charge in [0.1, 0.15) is 18.1 Å². The second-order valence-corrected chi connectivity index (χ2v) is 8.06. The van der Waals surface area contributed by atoms with Crippen LogP contribution in [0.25, 0.3) is 11.3 Å². The Balaban J connectivity index is 1.88. The van der Waals surface area contributed by atoms with E-state index in [4.69, 9.17) is 26.6 Å². The Labute approximate surface area is 180 Å². The van der Waals surface area contributed by atoms with Gasteiger partial charge in [0.05, 0.1) is 16.9 Å². The fourth-order valence-electron chi connectivity index (χ4n) is 3.17. The van der Waals surface area contributed by atoms with E-state index >= 15 is 0 Å². The number of carbonyl (C=O) groups is 1. The average Bonchev–Trinajstić information content (AvgIpc) is 3.25. The first-order valence-electron chi connectivity index (χ1n) is 9.69. The minimum atomic E-state index is -0.374. The molecule has 0 saturated carbocycles. The van der Waals surface area contributed by atoms with Crippen LogP contribution in [0.5, 0.6) is 5.75 Å². The van der Waals surface area contributed by atoms with E-state index in [-0.39, 0.29) is 17.6 Å². The van der Waals surface area contributed by atoms with Gasteiger partial charge in [-0.25, -0.2) is 0 Å². The van der Waals surface area contributed by atoms with Crippen LogP contribution in [0.15, 0.2) is 35.0 Å². The number of nitrogens with zero attached hydrogens (tertiary/aromatic N) is 3. The number of rotatable bonds is 8. The van der Waals surface area contributed by atoms with E-state index in [0.717, 1.165) is 6.42 Å². The molecule has 3 N–H and O–H groups in total. The number of carbonyl (C=O) groups excluding carboxylic acids is 1. The molecule has 3 rings (SSSR count). The molecule has 160 valence electrons. The van der Waals surface area contributed by atoms with E-state index in [1.807, 2.05) is 0 Å². The molecule has 9 heteroatoms. The number of nitrogens with one attached hydrogen (secondary N) is 1. The van der Waals surface area contributed by atoms with E-state index in [1.165, 1.54) is 0 Å². The molecule has 0 saturated heterocycles. The molecule has 1 amide bonds. The Morgan fingerprint density at radius 3 is 2.73 bits per heavy atom. The molecule has 30 heavy (non-hydrogen) atoms. The van der Waals surface area contributed by atoms with Gasteiger partial charge in [0.2, 0.25) is 0 Å². The van der Waals surface area contributed by atoms with Crippen LogP contribution in [-0.4, -0.2) is 33.5 Å². The van der Waals surface area contributed by atoms with Crippen LogP contribution >= 0.6 is 11.6 Å². The van der Waals surface area contributed by atoms with Gasteiger partial charge in [0.25, 0.3) is 5.91 Å². The summed E-state index contributed by atoms with van der Waals surface area (Å²) in [5.74, 6) is 1.27. The van der Waals surface area contributed by atoms with Crippen molar-refractivity contribution in [1.29, 1.82) is 0 Å². The number of halogens is 1. The number of hydrogen-bond donors (Lipinski definition) is 2. The fraction of sp³-hybridized carbons (Fsp3) is 0.381. The van der Waals surface area contributed by atoms with Crippen molar-refractivity contribution >= 4 is 23.2 Å². The average molecular weight is 432 g/mol. The lowest BCUT2D eigenvalue weighted by atomic mass is 10.1. The second-order valence-electron chi connectivity index (χ2n) is 7.65. The number of nitrogens with two attached hydrogens (primary N) is 1. The Morgan fingerprint density at radius 1 is 1.37 bits per heavy atom. The van der Waals surface area contributed by atoms with Crippen molar-refractivity contribution in [2.45, 2.75) is 33.2 Å². The second kappa shape index (κ2) is 9.32. The summed E-state index contributed by atoms with van der Waals surface area (Å²) in [5.41, 5.74) is 8.31. The molecular weight excluding hydrogens is 406 g/mol. The molecule has 0 unspecified atom stereocenters. The van der Waals surface area contributed by atoms with Crippen LogP contribution in [0.1, 0.15) is 36.5 Å². The van der Waals surface area contributed by atoms with Crippen LogP contribution in [0.4, 0.5) is 5.69 Å². The molecule has 0 aliphatic rings. The first-order valence-corrected chi connectivity index (χ1v) is 10.1. The first kappa shape index (κ1) is 21.9. The van der Waals surface area contributed by atoms with Crippen molar-refractivity contribution in [3.05, 3.63) is 46.9 Å². The van der Waals surface area contributed by atoms with E-state index in [1.54, 1.807) is 49.1 Å². The number of benzene rings is 1. The van der Waals surface area contributed by atoms with Crippen molar-refractivity contribution in [2.24, 2.45) is 18.7 Å². The van der Waals surface area contributed by atoms with Gasteiger partial charge in [0.15, 0.2) is 5.69 Å². The molecule has 0 spiro atoms. The Kier molecular flexibility index (Phi) is 6.79. The molecule has 0 aliphatic carbocycles. The highest BCUT2D eigenvalue weighted by Crippen LogP contribution is 2.36. The SMILES string of the molecule is Cc1cc(C(=O)Nc2ccc(OC[C@H](N)CC(C)C)c(-c3c(Cl)cnn3C)c2)no1. The summed E-state index contributed by atoms with van der Waals surface area (Å²) in [6.07, 6.45) is 2.42. The maximum absolute atomic E-state index is 12.4. The maximum atomic E-state index is 12.4. The third-order valence-electron chi connectivity index (χ3n) is 4.47. The molecular formula is C21H26ClN5O3. The summed E-state index contributed by atoms with van der Waals surface area (Å²) < 4.78 is 12.6. The lowest BCUT2D eigenvalue weighted by Crippen LogP contribution is -2.29. The Bertz CT molecular complexity index is 1010. The predicted octanol–water partition coefficient (Wildman–Crippen LogP) is 4.04. The van der Waals surface area contributed by atoms with Crippen molar-refractivity contribution in [3.8, 4) is 17.0 Å². The van der Waals surface area contributed by atoms with Crippen LogP contribution in [-0.2, 0) is 7.05 Å². The molecule has 8 nitrogen and oxygen atoms in total. The van der Waals surface area contributed by atoms with Crippen LogP contribution in [0, 0.1) is 12.8 Å². The number of anilines is 1. The van der Waals surface area contributed by atoms with E-state index in [9.17, 15) is 4.79 Å². The summed E-state index contributed by atoms with van der Waals surface area (Å²) in [6, 6.07) is 6.81. The van der Waals surface area contributed by atoms with E-state index in [2.05, 4.69) is 29.4 Å². The minimum Gasteiger partial charge on any atom is -0.491 e. The standard InChI is InChI=1S/C21H26ClN5O3/c1-12(2)7-14(23)11-29-19-6-5-15(25-21(28)18-8-13(3)30-26-18)9-16(19)20-17(22)10-24-27(20)4/h5-6,8-10,12,14H,7,11,23H2,1-4H3,(H,25,28)/t14-/m1/s1. The van der Waals surface area contributed by atoms with Crippen molar-refractivity contribution in [1.82, 2.24) is 14.9 Å². The lowest BCUT2D eigenvalue weighted by Gasteiger charge is -2.18. The van der Waals surface area contributed by atoms with Crippen LogP contribution < -0.4 is 15.8 Å². The van der Waals surface area contributed by atoms with Gasteiger partial charge in [0, 0.05) is 30.4 Å². The molecule has 2 heterocycles. The van der Waals surface area contributed by atoms with Gasteiger partial charge >= 0.3 is 0 Å². The number of aryl methyl sites for hydroxylation is 2. The first-order chi connectivity index (χ1) is 14.2. The molecule has 1 atom stereocenters. The lowest BCUT2D eigenvalue weighted by molar-refractivity contribution is 0.101. The molecule has 3 aromatic rings. The van der Waals surface area contributed by atoms with Gasteiger partial charge in [-0.15, -0.1) is 0 Å². The number of amides is 1. The Morgan fingerprint density at radius 2 is 2.13 bits per heavy atom. The van der Waals surface area contributed by atoms with Crippen molar-refractivity contribution < 1.29 is 14.1 Å². The van der Waals surface area contributed by atoms with Gasteiger partial charge in [-0.3, -0.25) is 9.48 Å². The smallest absolute Gasteiger partial charge is 0.277 e. The molecule has 0 bridgehead atoms. The number of ether oxygens (including phenoxy) is 1. The predicted molar refractivity (Wildman–Crippen MR) is 116 cm³/mol.